The number of hydrogen-bond acceptors (Lipinski definition) is 3. The normalized spacial score (nSPS) is 12.2. The van der Waals surface area contributed by atoms with E-state index in [1.807, 2.05) is 18.2 Å². The lowest BCUT2D eigenvalue weighted by atomic mass is 9.95. The Balaban J connectivity index is 2.47. The second kappa shape index (κ2) is 5.93. The van der Waals surface area contributed by atoms with E-state index in [-0.39, 0.29) is 11.3 Å². The number of carboxylic acids is 1. The summed E-state index contributed by atoms with van der Waals surface area (Å²) >= 11 is 0. The summed E-state index contributed by atoms with van der Waals surface area (Å²) in [6.45, 7) is 3.41. The molecule has 0 aliphatic carbocycles. The van der Waals surface area contributed by atoms with Gasteiger partial charge >= 0.3 is 5.97 Å². The van der Waals surface area contributed by atoms with Crippen molar-refractivity contribution in [2.45, 2.75) is 19.4 Å². The number of hydrogen-bond donors (Lipinski definition) is 1. The molecule has 114 valence electrons. The number of rotatable bonds is 4. The highest BCUT2D eigenvalue weighted by molar-refractivity contribution is 5.96. The second-order valence-electron chi connectivity index (χ2n) is 5.27. The molecule has 2 aromatic rings. The van der Waals surface area contributed by atoms with Crippen LogP contribution in [0, 0.1) is 11.0 Å². The van der Waals surface area contributed by atoms with Crippen LogP contribution in [0.4, 0.5) is 4.39 Å². The first-order valence-electron chi connectivity index (χ1n) is 6.58. The number of carboxylic acid groups (broad SMARTS) is 1. The fraction of sp³-hybridized carbons (Fsp3) is 0.188. The van der Waals surface area contributed by atoms with Crippen molar-refractivity contribution < 1.29 is 19.0 Å². The molecule has 1 aromatic heterocycles. The van der Waals surface area contributed by atoms with Crippen LogP contribution >= 0.6 is 0 Å². The third-order valence-electron chi connectivity index (χ3n) is 3.39. The van der Waals surface area contributed by atoms with Crippen molar-refractivity contribution in [3.63, 3.8) is 0 Å². The molecular weight excluding hydrogens is 287 g/mol. The van der Waals surface area contributed by atoms with Crippen molar-refractivity contribution in [2.75, 3.05) is 0 Å². The monoisotopic (exact) mass is 302 g/mol. The Morgan fingerprint density at radius 3 is 2.59 bits per heavy atom. The van der Waals surface area contributed by atoms with E-state index in [0.717, 1.165) is 24.0 Å². The lowest BCUT2D eigenvalue weighted by molar-refractivity contribution is -0.545. The topological polar surface area (TPSA) is 76.3 Å². The van der Waals surface area contributed by atoms with E-state index in [4.69, 9.17) is 5.11 Å². The zero-order valence-corrected chi connectivity index (χ0v) is 12.2. The molecule has 1 N–H and O–H groups in total. The predicted octanol–water partition coefficient (Wildman–Crippen LogP) is 2.78. The average Bonchev–Trinajstić information content (AvgIpc) is 2.49. The second-order valence-corrected chi connectivity index (χ2v) is 5.27. The number of aromatic nitrogens is 1. The number of halogens is 1. The number of carbonyl (C=O) groups is 1. The third kappa shape index (κ3) is 3.11. The lowest BCUT2D eigenvalue weighted by Crippen LogP contribution is -2.31. The van der Waals surface area contributed by atoms with Gasteiger partial charge < -0.3 is 10.3 Å². The molecule has 2 rings (SSSR count). The lowest BCUT2D eigenvalue weighted by Gasteiger charge is -2.24. The zero-order valence-electron chi connectivity index (χ0n) is 12.2. The average molecular weight is 302 g/mol. The summed E-state index contributed by atoms with van der Waals surface area (Å²) in [4.78, 5) is 14.8. The van der Waals surface area contributed by atoms with Gasteiger partial charge in [-0.05, 0) is 6.07 Å². The van der Waals surface area contributed by atoms with Gasteiger partial charge in [-0.25, -0.2) is 18.9 Å². The number of benzene rings is 1. The van der Waals surface area contributed by atoms with Gasteiger partial charge in [0.05, 0.1) is 11.8 Å². The summed E-state index contributed by atoms with van der Waals surface area (Å²) in [6.07, 6.45) is 1.94. The minimum absolute atomic E-state index is 0.0899. The number of aromatic carboxylic acids is 1. The van der Waals surface area contributed by atoms with Crippen LogP contribution in [0.25, 0.3) is 0 Å². The molecular formula is C16H15FN2O3. The van der Waals surface area contributed by atoms with Gasteiger partial charge in [0.2, 0.25) is 6.21 Å². The molecule has 0 saturated heterocycles. The first-order chi connectivity index (χ1) is 10.3. The summed E-state index contributed by atoms with van der Waals surface area (Å²) in [5.41, 5.74) is -0.606. The molecule has 0 aliphatic heterocycles. The molecule has 0 spiro atoms. The molecule has 1 aromatic carbocycles. The van der Waals surface area contributed by atoms with Crippen molar-refractivity contribution in [3.05, 3.63) is 70.4 Å². The fourth-order valence-electron chi connectivity index (χ4n) is 1.97. The van der Waals surface area contributed by atoms with Crippen molar-refractivity contribution in [1.29, 1.82) is 0 Å². The molecule has 1 heterocycles. The Hall–Kier alpha value is -2.76. The van der Waals surface area contributed by atoms with E-state index in [9.17, 15) is 14.4 Å². The van der Waals surface area contributed by atoms with E-state index in [1.54, 1.807) is 26.0 Å². The van der Waals surface area contributed by atoms with Crippen molar-refractivity contribution >= 4 is 12.2 Å². The third-order valence-corrected chi connectivity index (χ3v) is 3.39. The summed E-state index contributed by atoms with van der Waals surface area (Å²) in [5, 5.41) is 21.5. The Morgan fingerprint density at radius 2 is 2.00 bits per heavy atom. The minimum Gasteiger partial charge on any atom is -0.623 e. The molecule has 5 nitrogen and oxygen atoms in total. The maximum atomic E-state index is 13.1. The first-order valence-corrected chi connectivity index (χ1v) is 6.58. The van der Waals surface area contributed by atoms with Gasteiger partial charge in [0, 0.05) is 19.4 Å². The van der Waals surface area contributed by atoms with E-state index in [0.29, 0.717) is 4.74 Å². The minimum atomic E-state index is -1.34. The summed E-state index contributed by atoms with van der Waals surface area (Å²) < 4.78 is 13.7. The molecule has 0 bridgehead atoms. The standard InChI is InChI=1S/C16H15FN2O3/c1-16(2,11-6-4-3-5-7-11)19(22)10-14-13(15(20)21)8-12(17)9-18-14/h3-10H,1-2H3,(H,20,21)/b19-10-. The highest BCUT2D eigenvalue weighted by Gasteiger charge is 2.29. The SMILES string of the molecule is CC(C)(c1ccccc1)/[N+]([O-])=C/c1ncc(F)cc1C(=O)O. The van der Waals surface area contributed by atoms with Crippen LogP contribution in [0.2, 0.25) is 0 Å². The predicted molar refractivity (Wildman–Crippen MR) is 79.4 cm³/mol. The maximum absolute atomic E-state index is 13.1. The molecule has 0 atom stereocenters. The van der Waals surface area contributed by atoms with Gasteiger partial charge in [0.25, 0.3) is 0 Å². The van der Waals surface area contributed by atoms with Crippen molar-refractivity contribution in [3.8, 4) is 0 Å². The van der Waals surface area contributed by atoms with E-state index in [1.165, 1.54) is 0 Å². The molecule has 0 aliphatic rings. The van der Waals surface area contributed by atoms with Crippen LogP contribution in [0.3, 0.4) is 0 Å². The van der Waals surface area contributed by atoms with Gasteiger partial charge in [0.15, 0.2) is 5.54 Å². The van der Waals surface area contributed by atoms with Crippen LogP contribution in [0.15, 0.2) is 42.6 Å². The van der Waals surface area contributed by atoms with Crippen molar-refractivity contribution in [1.82, 2.24) is 4.98 Å². The Morgan fingerprint density at radius 1 is 1.36 bits per heavy atom. The summed E-state index contributed by atoms with van der Waals surface area (Å²) in [7, 11) is 0. The van der Waals surface area contributed by atoms with Gasteiger partial charge in [0.1, 0.15) is 11.5 Å². The maximum Gasteiger partial charge on any atom is 0.338 e. The van der Waals surface area contributed by atoms with E-state index < -0.39 is 17.3 Å². The molecule has 0 saturated carbocycles. The molecule has 0 unspecified atom stereocenters. The molecule has 0 amide bonds. The Labute approximate surface area is 127 Å². The molecule has 0 radical (unpaired) electrons. The summed E-state index contributed by atoms with van der Waals surface area (Å²) in [6, 6.07) is 9.89. The van der Waals surface area contributed by atoms with Crippen LogP contribution in [-0.2, 0) is 5.54 Å². The Bertz CT molecular complexity index is 727. The van der Waals surface area contributed by atoms with Crippen molar-refractivity contribution in [2.24, 2.45) is 0 Å². The van der Waals surface area contributed by atoms with E-state index in [2.05, 4.69) is 4.98 Å². The highest BCUT2D eigenvalue weighted by atomic mass is 19.1. The van der Waals surface area contributed by atoms with E-state index >= 15 is 0 Å². The largest absolute Gasteiger partial charge is 0.623 e. The molecule has 0 fully saturated rings. The molecule has 22 heavy (non-hydrogen) atoms. The Kier molecular flexibility index (Phi) is 4.21. The van der Waals surface area contributed by atoms with Crippen LogP contribution < -0.4 is 0 Å². The van der Waals surface area contributed by atoms with Crippen LogP contribution in [0.5, 0.6) is 0 Å². The van der Waals surface area contributed by atoms with Crippen LogP contribution in [0.1, 0.15) is 35.5 Å². The highest BCUT2D eigenvalue weighted by Crippen LogP contribution is 2.23. The smallest absolute Gasteiger partial charge is 0.338 e. The van der Waals surface area contributed by atoms with Gasteiger partial charge in [-0.15, -0.1) is 0 Å². The summed E-state index contributed by atoms with van der Waals surface area (Å²) in [5.74, 6) is -2.11. The van der Waals surface area contributed by atoms with Gasteiger partial charge in [-0.3, -0.25) is 0 Å². The number of hydroxylamine groups is 1. The van der Waals surface area contributed by atoms with Crippen LogP contribution in [-0.4, -0.2) is 27.0 Å². The fourth-order valence-corrected chi connectivity index (χ4v) is 1.97. The first kappa shape index (κ1) is 15.6. The molecule has 6 heteroatoms. The van der Waals surface area contributed by atoms with Gasteiger partial charge in [-0.2, -0.15) is 0 Å². The number of nitrogens with zero attached hydrogens (tertiary/aromatic N) is 2. The number of pyridine rings is 1. The van der Waals surface area contributed by atoms with Gasteiger partial charge in [-0.1, -0.05) is 30.3 Å². The zero-order chi connectivity index (χ0) is 16.3. The quantitative estimate of drug-likeness (QED) is 0.408.